The molecule has 0 N–H and O–H groups in total. The first-order valence-corrected chi connectivity index (χ1v) is 12.7. The van der Waals surface area contributed by atoms with Crippen molar-refractivity contribution in [1.82, 2.24) is 14.8 Å². The summed E-state index contributed by atoms with van der Waals surface area (Å²) in [7, 11) is 0.534. The first-order valence-electron chi connectivity index (χ1n) is 8.63. The first kappa shape index (κ1) is 18.9. The molecule has 2 aromatic heterocycles. The number of halogens is 1. The lowest BCUT2D eigenvalue weighted by Crippen LogP contribution is -2.22. The SMILES string of the molecule is COc1ccccc1-c1nn(COCC[Si](C)(C)C)c2nc(Cl)ccc12. The van der Waals surface area contributed by atoms with Crippen molar-refractivity contribution in [1.29, 1.82) is 0 Å². The molecule has 0 unspecified atom stereocenters. The highest BCUT2D eigenvalue weighted by atomic mass is 35.5. The Balaban J connectivity index is 1.95. The van der Waals surface area contributed by atoms with Crippen molar-refractivity contribution >= 4 is 30.7 Å². The van der Waals surface area contributed by atoms with Gasteiger partial charge < -0.3 is 9.47 Å². The van der Waals surface area contributed by atoms with E-state index in [-0.39, 0.29) is 0 Å². The van der Waals surface area contributed by atoms with Crippen LogP contribution in [0.5, 0.6) is 5.75 Å². The molecule has 7 heteroatoms. The standard InChI is InChI=1S/C19H24ClN3O2Si/c1-24-16-8-6-5-7-14(16)18-15-9-10-17(20)21-19(15)23(22-18)13-25-11-12-26(2,3)4/h5-10H,11-13H2,1-4H3. The lowest BCUT2D eigenvalue weighted by Gasteiger charge is -2.15. The number of ether oxygens (including phenoxy) is 2. The predicted molar refractivity (Wildman–Crippen MR) is 109 cm³/mol. The number of hydrogen-bond acceptors (Lipinski definition) is 4. The summed E-state index contributed by atoms with van der Waals surface area (Å²) < 4.78 is 13.1. The average Bonchev–Trinajstić information content (AvgIpc) is 2.95. The third-order valence-electron chi connectivity index (χ3n) is 4.13. The Morgan fingerprint density at radius 2 is 1.88 bits per heavy atom. The first-order chi connectivity index (χ1) is 12.4. The zero-order valence-corrected chi connectivity index (χ0v) is 17.4. The van der Waals surface area contributed by atoms with Gasteiger partial charge in [0.1, 0.15) is 23.3 Å². The van der Waals surface area contributed by atoms with Crippen LogP contribution in [0.2, 0.25) is 30.8 Å². The average molecular weight is 390 g/mol. The van der Waals surface area contributed by atoms with Crippen LogP contribution in [0.15, 0.2) is 36.4 Å². The fourth-order valence-electron chi connectivity index (χ4n) is 2.69. The highest BCUT2D eigenvalue weighted by Crippen LogP contribution is 2.34. The quantitative estimate of drug-likeness (QED) is 0.321. The van der Waals surface area contributed by atoms with E-state index in [9.17, 15) is 0 Å². The minimum absolute atomic E-state index is 0.351. The molecule has 0 aliphatic carbocycles. The number of fused-ring (bicyclic) bond motifs is 1. The Morgan fingerprint density at radius 1 is 1.12 bits per heavy atom. The summed E-state index contributed by atoms with van der Waals surface area (Å²) >= 11 is 6.11. The van der Waals surface area contributed by atoms with Crippen LogP contribution in [0.25, 0.3) is 22.3 Å². The zero-order chi connectivity index (χ0) is 18.7. The van der Waals surface area contributed by atoms with Gasteiger partial charge in [-0.15, -0.1) is 0 Å². The molecule has 5 nitrogen and oxygen atoms in total. The van der Waals surface area contributed by atoms with E-state index < -0.39 is 8.07 Å². The molecule has 0 amide bonds. The Hall–Kier alpha value is -1.89. The number of aromatic nitrogens is 3. The van der Waals surface area contributed by atoms with Gasteiger partial charge in [0.05, 0.1) is 7.11 Å². The van der Waals surface area contributed by atoms with E-state index >= 15 is 0 Å². The van der Waals surface area contributed by atoms with Crippen LogP contribution in [0.4, 0.5) is 0 Å². The van der Waals surface area contributed by atoms with Crippen molar-refractivity contribution in [2.24, 2.45) is 0 Å². The second-order valence-corrected chi connectivity index (χ2v) is 13.4. The molecule has 138 valence electrons. The van der Waals surface area contributed by atoms with Gasteiger partial charge in [0.15, 0.2) is 5.65 Å². The maximum atomic E-state index is 6.11. The van der Waals surface area contributed by atoms with Gasteiger partial charge in [0, 0.05) is 25.6 Å². The number of nitrogens with zero attached hydrogens (tertiary/aromatic N) is 3. The number of methoxy groups -OCH3 is 1. The summed E-state index contributed by atoms with van der Waals surface area (Å²) in [5, 5.41) is 6.11. The van der Waals surface area contributed by atoms with E-state index in [1.165, 1.54) is 0 Å². The molecular weight excluding hydrogens is 366 g/mol. The van der Waals surface area contributed by atoms with Gasteiger partial charge in [-0.1, -0.05) is 43.4 Å². The summed E-state index contributed by atoms with van der Waals surface area (Å²) in [5.74, 6) is 0.772. The molecule has 0 fully saturated rings. The Bertz CT molecular complexity index is 905. The van der Waals surface area contributed by atoms with Crippen LogP contribution >= 0.6 is 11.6 Å². The summed E-state index contributed by atoms with van der Waals surface area (Å²) in [4.78, 5) is 4.46. The topological polar surface area (TPSA) is 49.2 Å². The second-order valence-electron chi connectivity index (χ2n) is 7.40. The van der Waals surface area contributed by atoms with E-state index in [4.69, 9.17) is 26.2 Å². The van der Waals surface area contributed by atoms with Crippen LogP contribution in [0.1, 0.15) is 0 Å². The van der Waals surface area contributed by atoms with Crippen LogP contribution in [0, 0.1) is 0 Å². The molecule has 0 saturated carbocycles. The fraction of sp³-hybridized carbons (Fsp3) is 0.368. The van der Waals surface area contributed by atoms with E-state index in [1.54, 1.807) is 17.9 Å². The molecule has 26 heavy (non-hydrogen) atoms. The third-order valence-corrected chi connectivity index (χ3v) is 6.05. The molecule has 3 rings (SSSR count). The summed E-state index contributed by atoms with van der Waals surface area (Å²) in [6.07, 6.45) is 0. The number of pyridine rings is 1. The molecule has 0 bridgehead atoms. The lowest BCUT2D eigenvalue weighted by atomic mass is 10.1. The molecular formula is C19H24ClN3O2Si. The van der Waals surface area contributed by atoms with Crippen molar-refractivity contribution in [3.63, 3.8) is 0 Å². The van der Waals surface area contributed by atoms with Crippen LogP contribution in [0.3, 0.4) is 0 Å². The van der Waals surface area contributed by atoms with Crippen LogP contribution in [-0.4, -0.2) is 36.6 Å². The number of hydrogen-bond donors (Lipinski definition) is 0. The highest BCUT2D eigenvalue weighted by molar-refractivity contribution is 6.76. The maximum Gasteiger partial charge on any atom is 0.162 e. The smallest absolute Gasteiger partial charge is 0.162 e. The second kappa shape index (κ2) is 7.78. The Morgan fingerprint density at radius 3 is 2.62 bits per heavy atom. The molecule has 0 atom stereocenters. The monoisotopic (exact) mass is 389 g/mol. The summed E-state index contributed by atoms with van der Waals surface area (Å²) in [6, 6.07) is 12.7. The van der Waals surface area contributed by atoms with Gasteiger partial charge in [0.25, 0.3) is 0 Å². The number of benzene rings is 1. The zero-order valence-electron chi connectivity index (χ0n) is 15.6. The van der Waals surface area contributed by atoms with Crippen LogP contribution in [-0.2, 0) is 11.5 Å². The van der Waals surface area contributed by atoms with Gasteiger partial charge in [0.2, 0.25) is 0 Å². The highest BCUT2D eigenvalue weighted by Gasteiger charge is 2.17. The lowest BCUT2D eigenvalue weighted by molar-refractivity contribution is 0.0814. The summed E-state index contributed by atoms with van der Waals surface area (Å²) in [6.45, 7) is 8.08. The largest absolute Gasteiger partial charge is 0.496 e. The molecule has 0 radical (unpaired) electrons. The fourth-order valence-corrected chi connectivity index (χ4v) is 3.59. The van der Waals surface area contributed by atoms with E-state index in [0.29, 0.717) is 17.5 Å². The Labute approximate surface area is 159 Å². The Kier molecular flexibility index (Phi) is 5.65. The maximum absolute atomic E-state index is 6.11. The minimum Gasteiger partial charge on any atom is -0.496 e. The van der Waals surface area contributed by atoms with Crippen molar-refractivity contribution in [3.05, 3.63) is 41.6 Å². The molecule has 1 aromatic carbocycles. The van der Waals surface area contributed by atoms with Crippen molar-refractivity contribution in [3.8, 4) is 17.0 Å². The minimum atomic E-state index is -1.13. The molecule has 0 aliphatic rings. The van der Waals surface area contributed by atoms with Gasteiger partial charge in [-0.25, -0.2) is 9.67 Å². The predicted octanol–water partition coefficient (Wildman–Crippen LogP) is 5.07. The van der Waals surface area contributed by atoms with Gasteiger partial charge in [-0.05, 0) is 30.3 Å². The van der Waals surface area contributed by atoms with E-state index in [0.717, 1.165) is 35.0 Å². The van der Waals surface area contributed by atoms with Crippen molar-refractivity contribution < 1.29 is 9.47 Å². The molecule has 0 aliphatic heterocycles. The molecule has 0 saturated heterocycles. The third kappa shape index (κ3) is 4.26. The molecule has 0 spiro atoms. The van der Waals surface area contributed by atoms with Gasteiger partial charge in [-0.2, -0.15) is 5.10 Å². The van der Waals surface area contributed by atoms with Crippen LogP contribution < -0.4 is 4.74 Å². The summed E-state index contributed by atoms with van der Waals surface area (Å²) in [5.41, 5.74) is 2.45. The normalized spacial score (nSPS) is 11.9. The van der Waals surface area contributed by atoms with Crippen molar-refractivity contribution in [2.75, 3.05) is 13.7 Å². The van der Waals surface area contributed by atoms with E-state index in [1.807, 2.05) is 30.3 Å². The number of para-hydroxylation sites is 1. The van der Waals surface area contributed by atoms with Gasteiger partial charge in [-0.3, -0.25) is 0 Å². The van der Waals surface area contributed by atoms with Crippen molar-refractivity contribution in [2.45, 2.75) is 32.4 Å². The molecule has 2 heterocycles. The molecule has 3 aromatic rings. The van der Waals surface area contributed by atoms with Gasteiger partial charge >= 0.3 is 0 Å². The van der Waals surface area contributed by atoms with E-state index in [2.05, 4.69) is 24.6 Å². The number of rotatable bonds is 7.